The molecule has 1 aromatic rings. The van der Waals surface area contributed by atoms with Crippen LogP contribution < -0.4 is 0 Å². The summed E-state index contributed by atoms with van der Waals surface area (Å²) >= 11 is 0. The smallest absolute Gasteiger partial charge is 0.309 e. The number of piperidine rings is 1. The average Bonchev–Trinajstić information content (AvgIpc) is 3.12. The number of methoxy groups -OCH3 is 1. The lowest BCUT2D eigenvalue weighted by molar-refractivity contribution is -0.145. The number of likely N-dealkylation sites (tertiary alicyclic amines) is 1. The number of nitrogens with zero attached hydrogens (tertiary/aromatic N) is 1. The van der Waals surface area contributed by atoms with Crippen LogP contribution in [0.25, 0.3) is 0 Å². The molecule has 1 N–H and O–H groups in total. The van der Waals surface area contributed by atoms with Gasteiger partial charge < -0.3 is 19.5 Å². The Balaban J connectivity index is 1.52. The zero-order valence-corrected chi connectivity index (χ0v) is 15.2. The minimum atomic E-state index is -0.762. The summed E-state index contributed by atoms with van der Waals surface area (Å²) in [4.78, 5) is 25.9. The van der Waals surface area contributed by atoms with E-state index in [9.17, 15) is 14.7 Å². The third-order valence-corrected chi connectivity index (χ3v) is 5.47. The molecular formula is C20H27NO5. The van der Waals surface area contributed by atoms with Crippen molar-refractivity contribution >= 4 is 11.9 Å². The normalized spacial score (nSPS) is 24.0. The van der Waals surface area contributed by atoms with Crippen LogP contribution in [0.2, 0.25) is 0 Å². The highest BCUT2D eigenvalue weighted by atomic mass is 16.5. The van der Waals surface area contributed by atoms with E-state index in [-0.39, 0.29) is 17.9 Å². The third kappa shape index (κ3) is 4.43. The van der Waals surface area contributed by atoms with Crippen molar-refractivity contribution in [3.05, 3.63) is 35.4 Å². The molecule has 0 spiro atoms. The van der Waals surface area contributed by atoms with Gasteiger partial charge in [-0.05, 0) is 36.3 Å². The lowest BCUT2D eigenvalue weighted by atomic mass is 9.84. The van der Waals surface area contributed by atoms with E-state index in [1.54, 1.807) is 7.11 Å². The van der Waals surface area contributed by atoms with Crippen LogP contribution in [0, 0.1) is 11.8 Å². The van der Waals surface area contributed by atoms with Crippen LogP contribution in [-0.4, -0.2) is 54.8 Å². The Bertz CT molecular complexity index is 639. The Morgan fingerprint density at radius 2 is 1.96 bits per heavy atom. The van der Waals surface area contributed by atoms with Crippen LogP contribution >= 0.6 is 0 Å². The van der Waals surface area contributed by atoms with Crippen molar-refractivity contribution in [1.82, 2.24) is 4.90 Å². The number of rotatable bonds is 6. The Morgan fingerprint density at radius 3 is 2.65 bits per heavy atom. The first-order chi connectivity index (χ1) is 12.6. The molecule has 0 radical (unpaired) electrons. The van der Waals surface area contributed by atoms with Gasteiger partial charge in [-0.25, -0.2) is 0 Å². The summed E-state index contributed by atoms with van der Waals surface area (Å²) in [5, 5.41) is 9.33. The van der Waals surface area contributed by atoms with Gasteiger partial charge in [0, 0.05) is 26.8 Å². The quantitative estimate of drug-likeness (QED) is 0.840. The highest BCUT2D eigenvalue weighted by molar-refractivity contribution is 5.79. The summed E-state index contributed by atoms with van der Waals surface area (Å²) in [5.41, 5.74) is 2.06. The molecule has 1 amide bonds. The molecule has 0 bridgehead atoms. The van der Waals surface area contributed by atoms with E-state index >= 15 is 0 Å². The average molecular weight is 361 g/mol. The van der Waals surface area contributed by atoms with Gasteiger partial charge in [-0.1, -0.05) is 24.3 Å². The summed E-state index contributed by atoms with van der Waals surface area (Å²) in [6, 6.07) is 7.92. The Hall–Kier alpha value is -1.92. The van der Waals surface area contributed by atoms with E-state index in [4.69, 9.17) is 9.47 Å². The van der Waals surface area contributed by atoms with Gasteiger partial charge in [0.1, 0.15) is 0 Å². The van der Waals surface area contributed by atoms with Gasteiger partial charge in [0.15, 0.2) is 0 Å². The van der Waals surface area contributed by atoms with Crippen LogP contribution in [0.4, 0.5) is 0 Å². The summed E-state index contributed by atoms with van der Waals surface area (Å²) < 4.78 is 10.8. The minimum absolute atomic E-state index is 0.125. The molecule has 2 saturated heterocycles. The number of amides is 1. The largest absolute Gasteiger partial charge is 0.481 e. The SMILES string of the molecule is COCc1cccc(CC(=O)N2CCC([C@@H]3OCCC3C(=O)O)CC2)c1. The topological polar surface area (TPSA) is 76.1 Å². The number of benzene rings is 1. The Labute approximate surface area is 154 Å². The molecule has 1 unspecified atom stereocenters. The number of carbonyl (C=O) groups is 2. The molecule has 2 aliphatic rings. The lowest BCUT2D eigenvalue weighted by Gasteiger charge is -2.35. The summed E-state index contributed by atoms with van der Waals surface area (Å²) in [6.07, 6.45) is 2.40. The van der Waals surface area contributed by atoms with E-state index in [1.807, 2.05) is 29.2 Å². The molecule has 142 valence electrons. The Morgan fingerprint density at radius 1 is 1.23 bits per heavy atom. The fourth-order valence-electron chi connectivity index (χ4n) is 4.10. The van der Waals surface area contributed by atoms with Crippen molar-refractivity contribution in [2.75, 3.05) is 26.8 Å². The monoisotopic (exact) mass is 361 g/mol. The van der Waals surface area contributed by atoms with E-state index in [0.29, 0.717) is 39.1 Å². The van der Waals surface area contributed by atoms with Gasteiger partial charge in [-0.3, -0.25) is 9.59 Å². The molecule has 0 aromatic heterocycles. The highest BCUT2D eigenvalue weighted by Gasteiger charge is 2.40. The van der Waals surface area contributed by atoms with Crippen LogP contribution in [0.15, 0.2) is 24.3 Å². The molecule has 6 nitrogen and oxygen atoms in total. The van der Waals surface area contributed by atoms with E-state index in [0.717, 1.165) is 24.0 Å². The molecular weight excluding hydrogens is 334 g/mol. The fourth-order valence-corrected chi connectivity index (χ4v) is 4.10. The first kappa shape index (κ1) is 18.9. The molecule has 0 aliphatic carbocycles. The predicted octanol–water partition coefficient (Wildman–Crippen LogP) is 2.10. The van der Waals surface area contributed by atoms with Crippen molar-refractivity contribution in [2.45, 2.75) is 38.4 Å². The maximum atomic E-state index is 12.6. The number of carboxylic acids is 1. The van der Waals surface area contributed by atoms with Crippen molar-refractivity contribution in [2.24, 2.45) is 11.8 Å². The number of hydrogen-bond donors (Lipinski definition) is 1. The summed E-state index contributed by atoms with van der Waals surface area (Å²) in [7, 11) is 1.66. The number of carbonyl (C=O) groups excluding carboxylic acids is 1. The molecule has 2 aliphatic heterocycles. The lowest BCUT2D eigenvalue weighted by Crippen LogP contribution is -2.43. The molecule has 3 rings (SSSR count). The standard InChI is InChI=1S/C20H27NO5/c1-25-13-15-4-2-3-14(11-15)12-18(22)21-8-5-16(6-9-21)19-17(20(23)24)7-10-26-19/h2-4,11,16-17,19H,5-10,12-13H2,1H3,(H,23,24)/t17?,19-/m0/s1. The summed E-state index contributed by atoms with van der Waals surface area (Å²) in [5.74, 6) is -0.805. The molecule has 2 heterocycles. The van der Waals surface area contributed by atoms with Gasteiger partial charge in [0.05, 0.1) is 25.0 Å². The second-order valence-electron chi connectivity index (χ2n) is 7.22. The number of carboxylic acid groups (broad SMARTS) is 1. The van der Waals surface area contributed by atoms with E-state index in [2.05, 4.69) is 0 Å². The van der Waals surface area contributed by atoms with Crippen LogP contribution in [0.3, 0.4) is 0 Å². The zero-order valence-electron chi connectivity index (χ0n) is 15.2. The van der Waals surface area contributed by atoms with E-state index < -0.39 is 11.9 Å². The molecule has 2 atom stereocenters. The maximum Gasteiger partial charge on any atom is 0.309 e. The van der Waals surface area contributed by atoms with Crippen molar-refractivity contribution in [3.63, 3.8) is 0 Å². The van der Waals surface area contributed by atoms with Crippen LogP contribution in [0.5, 0.6) is 0 Å². The molecule has 6 heteroatoms. The Kier molecular flexibility index (Phi) is 6.27. The number of hydrogen-bond acceptors (Lipinski definition) is 4. The highest BCUT2D eigenvalue weighted by Crippen LogP contribution is 2.33. The zero-order chi connectivity index (χ0) is 18.5. The van der Waals surface area contributed by atoms with E-state index in [1.165, 1.54) is 0 Å². The second kappa shape index (κ2) is 8.64. The van der Waals surface area contributed by atoms with Crippen molar-refractivity contribution < 1.29 is 24.2 Å². The third-order valence-electron chi connectivity index (χ3n) is 5.47. The van der Waals surface area contributed by atoms with Gasteiger partial charge in [-0.15, -0.1) is 0 Å². The predicted molar refractivity (Wildman–Crippen MR) is 95.6 cm³/mol. The first-order valence-corrected chi connectivity index (χ1v) is 9.27. The van der Waals surface area contributed by atoms with Gasteiger partial charge in [-0.2, -0.15) is 0 Å². The number of aliphatic carboxylic acids is 1. The number of ether oxygens (including phenoxy) is 2. The molecule has 2 fully saturated rings. The summed E-state index contributed by atoms with van der Waals surface area (Å²) in [6.45, 7) is 2.42. The van der Waals surface area contributed by atoms with Gasteiger partial charge in [0.25, 0.3) is 0 Å². The van der Waals surface area contributed by atoms with Crippen LogP contribution in [0.1, 0.15) is 30.4 Å². The first-order valence-electron chi connectivity index (χ1n) is 9.27. The molecule has 1 aromatic carbocycles. The second-order valence-corrected chi connectivity index (χ2v) is 7.22. The maximum absolute atomic E-state index is 12.6. The van der Waals surface area contributed by atoms with Gasteiger partial charge in [0.2, 0.25) is 5.91 Å². The van der Waals surface area contributed by atoms with Crippen molar-refractivity contribution in [3.8, 4) is 0 Å². The fraction of sp³-hybridized carbons (Fsp3) is 0.600. The minimum Gasteiger partial charge on any atom is -0.481 e. The van der Waals surface area contributed by atoms with Crippen molar-refractivity contribution in [1.29, 1.82) is 0 Å². The van der Waals surface area contributed by atoms with Gasteiger partial charge >= 0.3 is 5.97 Å². The van der Waals surface area contributed by atoms with Crippen LogP contribution in [-0.2, 0) is 32.1 Å². The molecule has 0 saturated carbocycles. The molecule has 26 heavy (non-hydrogen) atoms.